The Morgan fingerprint density at radius 2 is 1.94 bits per heavy atom. The molecule has 1 aliphatic carbocycles. The number of aliphatic hydroxyl groups is 2. The zero-order chi connectivity index (χ0) is 12.6. The fraction of sp³-hybridized carbons (Fsp3) is 0.857. The van der Waals surface area contributed by atoms with Crippen molar-refractivity contribution in [1.82, 2.24) is 0 Å². The van der Waals surface area contributed by atoms with Gasteiger partial charge >= 0.3 is 0 Å². The van der Waals surface area contributed by atoms with E-state index in [1.807, 2.05) is 0 Å². The first-order chi connectivity index (χ1) is 7.12. The zero-order valence-electron chi connectivity index (χ0n) is 11.1. The molecular formula is C14H26O2. The second kappa shape index (κ2) is 4.15. The van der Waals surface area contributed by atoms with E-state index < -0.39 is 11.2 Å². The summed E-state index contributed by atoms with van der Waals surface area (Å²) < 4.78 is 0. The topological polar surface area (TPSA) is 40.5 Å². The molecule has 0 aromatic carbocycles. The Morgan fingerprint density at radius 1 is 1.38 bits per heavy atom. The van der Waals surface area contributed by atoms with Crippen LogP contribution in [-0.2, 0) is 0 Å². The highest BCUT2D eigenvalue weighted by molar-refractivity contribution is 5.05. The molecule has 0 saturated heterocycles. The molecule has 0 radical (unpaired) electrons. The van der Waals surface area contributed by atoms with Gasteiger partial charge in [0, 0.05) is 0 Å². The minimum atomic E-state index is -1.00. The monoisotopic (exact) mass is 226 g/mol. The van der Waals surface area contributed by atoms with Crippen LogP contribution in [0.25, 0.3) is 0 Å². The van der Waals surface area contributed by atoms with Gasteiger partial charge in [-0.15, -0.1) is 6.58 Å². The van der Waals surface area contributed by atoms with Gasteiger partial charge in [-0.1, -0.05) is 26.8 Å². The van der Waals surface area contributed by atoms with Crippen LogP contribution in [0.4, 0.5) is 0 Å². The molecule has 0 spiro atoms. The molecule has 2 nitrogen and oxygen atoms in total. The zero-order valence-corrected chi connectivity index (χ0v) is 11.1. The lowest BCUT2D eigenvalue weighted by Crippen LogP contribution is -2.57. The van der Waals surface area contributed by atoms with Crippen molar-refractivity contribution in [3.05, 3.63) is 12.7 Å². The van der Waals surface area contributed by atoms with E-state index in [0.717, 1.165) is 6.42 Å². The summed E-state index contributed by atoms with van der Waals surface area (Å²) in [6, 6.07) is 0. The van der Waals surface area contributed by atoms with Crippen molar-refractivity contribution < 1.29 is 10.2 Å². The summed E-state index contributed by atoms with van der Waals surface area (Å²) >= 11 is 0. The molecule has 0 amide bonds. The summed E-state index contributed by atoms with van der Waals surface area (Å²) in [5, 5.41) is 20.9. The maximum atomic E-state index is 10.5. The lowest BCUT2D eigenvalue weighted by atomic mass is 9.61. The van der Waals surface area contributed by atoms with Gasteiger partial charge in [0.1, 0.15) is 0 Å². The summed E-state index contributed by atoms with van der Waals surface area (Å²) in [4.78, 5) is 0. The van der Waals surface area contributed by atoms with Crippen LogP contribution in [0.1, 0.15) is 53.4 Å². The van der Waals surface area contributed by atoms with Crippen molar-refractivity contribution in [2.45, 2.75) is 64.6 Å². The van der Waals surface area contributed by atoms with Gasteiger partial charge < -0.3 is 10.2 Å². The minimum absolute atomic E-state index is 0.194. The molecular weight excluding hydrogens is 200 g/mol. The predicted octanol–water partition coefficient (Wildman–Crippen LogP) is 2.89. The Labute approximate surface area is 99.4 Å². The van der Waals surface area contributed by atoms with Crippen LogP contribution in [0.2, 0.25) is 0 Å². The molecule has 0 heterocycles. The quantitative estimate of drug-likeness (QED) is 0.711. The maximum Gasteiger partial charge on any atom is 0.0964 e. The Hall–Kier alpha value is -0.340. The van der Waals surface area contributed by atoms with E-state index >= 15 is 0 Å². The van der Waals surface area contributed by atoms with Gasteiger partial charge in [0.2, 0.25) is 0 Å². The van der Waals surface area contributed by atoms with Gasteiger partial charge in [0.25, 0.3) is 0 Å². The van der Waals surface area contributed by atoms with Crippen molar-refractivity contribution in [1.29, 1.82) is 0 Å². The van der Waals surface area contributed by atoms with Crippen LogP contribution in [0.15, 0.2) is 12.7 Å². The summed E-state index contributed by atoms with van der Waals surface area (Å²) in [6.45, 7) is 12.0. The Bertz CT molecular complexity index is 262. The molecule has 1 aliphatic rings. The summed E-state index contributed by atoms with van der Waals surface area (Å²) in [7, 11) is 0. The van der Waals surface area contributed by atoms with Crippen LogP contribution in [0.3, 0.4) is 0 Å². The van der Waals surface area contributed by atoms with Crippen molar-refractivity contribution >= 4 is 0 Å². The summed E-state index contributed by atoms with van der Waals surface area (Å²) in [5.74, 6) is 0.465. The first-order valence-corrected chi connectivity index (χ1v) is 6.18. The Kier molecular flexibility index (Phi) is 3.56. The van der Waals surface area contributed by atoms with Crippen LogP contribution in [0, 0.1) is 11.3 Å². The largest absolute Gasteiger partial charge is 0.387 e. The number of hydrogen-bond donors (Lipinski definition) is 2. The summed E-state index contributed by atoms with van der Waals surface area (Å²) in [6.07, 6.45) is 4.47. The van der Waals surface area contributed by atoms with E-state index in [-0.39, 0.29) is 5.41 Å². The van der Waals surface area contributed by atoms with E-state index in [0.29, 0.717) is 25.2 Å². The molecule has 2 N–H and O–H groups in total. The molecule has 2 heteroatoms. The van der Waals surface area contributed by atoms with Crippen LogP contribution in [-0.4, -0.2) is 21.4 Å². The van der Waals surface area contributed by atoms with Crippen molar-refractivity contribution in [3.63, 3.8) is 0 Å². The van der Waals surface area contributed by atoms with E-state index in [1.165, 1.54) is 0 Å². The van der Waals surface area contributed by atoms with E-state index in [2.05, 4.69) is 27.4 Å². The molecule has 0 aromatic heterocycles. The SMILES string of the molecule is C=CC[C@]1(O)CC[C@@H](C(C)(C)C)C[C@]1(C)O. The Morgan fingerprint density at radius 3 is 2.31 bits per heavy atom. The van der Waals surface area contributed by atoms with Crippen molar-refractivity contribution in [2.75, 3.05) is 0 Å². The fourth-order valence-electron chi connectivity index (χ4n) is 2.75. The normalized spacial score (nSPS) is 40.8. The lowest BCUT2D eigenvalue weighted by Gasteiger charge is -2.50. The van der Waals surface area contributed by atoms with Gasteiger partial charge in [-0.2, -0.15) is 0 Å². The van der Waals surface area contributed by atoms with Gasteiger partial charge in [0.15, 0.2) is 0 Å². The highest BCUT2D eigenvalue weighted by atomic mass is 16.4. The maximum absolute atomic E-state index is 10.5. The molecule has 1 fully saturated rings. The van der Waals surface area contributed by atoms with Crippen LogP contribution < -0.4 is 0 Å². The molecule has 1 saturated carbocycles. The summed E-state index contributed by atoms with van der Waals surface area (Å²) in [5.41, 5.74) is -1.80. The standard InChI is InChI=1S/C14H26O2/c1-6-8-14(16)9-7-11(12(2,3)4)10-13(14,5)15/h6,11,15-16H,1,7-10H2,2-5H3/t11-,13+,14+/m1/s1. The highest BCUT2D eigenvalue weighted by Gasteiger charge is 2.50. The lowest BCUT2D eigenvalue weighted by molar-refractivity contribution is -0.182. The molecule has 0 unspecified atom stereocenters. The second-order valence-corrected chi connectivity index (χ2v) is 6.60. The van der Waals surface area contributed by atoms with E-state index in [4.69, 9.17) is 0 Å². The second-order valence-electron chi connectivity index (χ2n) is 6.60. The number of rotatable bonds is 2. The number of hydrogen-bond acceptors (Lipinski definition) is 2. The molecule has 1 rings (SSSR count). The minimum Gasteiger partial charge on any atom is -0.387 e. The van der Waals surface area contributed by atoms with E-state index in [9.17, 15) is 10.2 Å². The molecule has 0 aromatic rings. The van der Waals surface area contributed by atoms with Gasteiger partial charge in [-0.05, 0) is 43.9 Å². The van der Waals surface area contributed by atoms with E-state index in [1.54, 1.807) is 13.0 Å². The van der Waals surface area contributed by atoms with Crippen LogP contribution in [0.5, 0.6) is 0 Å². The van der Waals surface area contributed by atoms with Gasteiger partial charge in [-0.25, -0.2) is 0 Å². The molecule has 94 valence electrons. The van der Waals surface area contributed by atoms with Crippen molar-refractivity contribution in [2.24, 2.45) is 11.3 Å². The molecule has 3 atom stereocenters. The third-order valence-corrected chi connectivity index (χ3v) is 4.26. The smallest absolute Gasteiger partial charge is 0.0964 e. The Balaban J connectivity index is 2.84. The predicted molar refractivity (Wildman–Crippen MR) is 67.2 cm³/mol. The molecule has 16 heavy (non-hydrogen) atoms. The average molecular weight is 226 g/mol. The molecule has 0 bridgehead atoms. The fourth-order valence-corrected chi connectivity index (χ4v) is 2.75. The first-order valence-electron chi connectivity index (χ1n) is 6.18. The van der Waals surface area contributed by atoms with Gasteiger partial charge in [0.05, 0.1) is 11.2 Å². The van der Waals surface area contributed by atoms with Crippen LogP contribution >= 0.6 is 0 Å². The molecule has 0 aliphatic heterocycles. The van der Waals surface area contributed by atoms with Gasteiger partial charge in [-0.3, -0.25) is 0 Å². The third-order valence-electron chi connectivity index (χ3n) is 4.26. The first kappa shape index (κ1) is 13.7. The average Bonchev–Trinajstić information content (AvgIpc) is 2.08. The van der Waals surface area contributed by atoms with Crippen molar-refractivity contribution in [3.8, 4) is 0 Å². The highest BCUT2D eigenvalue weighted by Crippen LogP contribution is 2.47. The third kappa shape index (κ3) is 2.49.